The molecule has 4 aromatic rings. The standard InChI is InChI=1S/C33H30O4/c34-31(35)21-25(19-23-11-3-1-4-12-23)33(26(22-32(36)37)20-24-13-5-2-6-14-24)29-17-9-7-15-27(29)28-16-8-10-18-30(28)33/h1-18,25-26H,19-22H2,(H,34,35)(H,36,37). The molecule has 0 saturated heterocycles. The largest absolute Gasteiger partial charge is 0.481 e. The second kappa shape index (κ2) is 10.4. The van der Waals surface area contributed by atoms with Crippen molar-refractivity contribution in [2.24, 2.45) is 11.8 Å². The van der Waals surface area contributed by atoms with Gasteiger partial charge in [-0.3, -0.25) is 9.59 Å². The highest BCUT2D eigenvalue weighted by molar-refractivity contribution is 5.83. The van der Waals surface area contributed by atoms with E-state index in [0.29, 0.717) is 12.8 Å². The fourth-order valence-corrected chi connectivity index (χ4v) is 6.52. The molecule has 2 atom stereocenters. The van der Waals surface area contributed by atoms with E-state index in [1.807, 2.05) is 84.9 Å². The molecule has 37 heavy (non-hydrogen) atoms. The zero-order valence-electron chi connectivity index (χ0n) is 20.6. The molecular weight excluding hydrogens is 460 g/mol. The highest BCUT2D eigenvalue weighted by atomic mass is 16.4. The van der Waals surface area contributed by atoms with Crippen molar-refractivity contribution in [1.82, 2.24) is 0 Å². The van der Waals surface area contributed by atoms with E-state index in [2.05, 4.69) is 24.3 Å². The van der Waals surface area contributed by atoms with Gasteiger partial charge in [0.2, 0.25) is 0 Å². The van der Waals surface area contributed by atoms with Crippen molar-refractivity contribution in [3.05, 3.63) is 131 Å². The Morgan fingerprint density at radius 1 is 0.541 bits per heavy atom. The predicted molar refractivity (Wildman–Crippen MR) is 144 cm³/mol. The van der Waals surface area contributed by atoms with Gasteiger partial charge in [-0.05, 0) is 58.1 Å². The summed E-state index contributed by atoms with van der Waals surface area (Å²) in [6.07, 6.45) is 0.923. The van der Waals surface area contributed by atoms with E-state index in [0.717, 1.165) is 33.4 Å². The Morgan fingerprint density at radius 2 is 0.892 bits per heavy atom. The molecule has 4 nitrogen and oxygen atoms in total. The average Bonchev–Trinajstić information content (AvgIpc) is 3.20. The fraction of sp³-hybridized carbons (Fsp3) is 0.212. The summed E-state index contributed by atoms with van der Waals surface area (Å²) in [5.41, 5.74) is 5.47. The van der Waals surface area contributed by atoms with Gasteiger partial charge in [-0.1, -0.05) is 109 Å². The molecule has 186 valence electrons. The number of rotatable bonds is 10. The van der Waals surface area contributed by atoms with Crippen LogP contribution < -0.4 is 0 Å². The molecule has 0 bridgehead atoms. The molecule has 0 saturated carbocycles. The second-order valence-corrected chi connectivity index (χ2v) is 9.93. The van der Waals surface area contributed by atoms with Gasteiger partial charge in [0.05, 0.1) is 0 Å². The van der Waals surface area contributed by atoms with Crippen LogP contribution in [0.2, 0.25) is 0 Å². The van der Waals surface area contributed by atoms with Crippen molar-refractivity contribution in [2.45, 2.75) is 31.1 Å². The lowest BCUT2D eigenvalue weighted by Crippen LogP contribution is -2.46. The van der Waals surface area contributed by atoms with Crippen LogP contribution in [0, 0.1) is 11.8 Å². The first kappa shape index (κ1) is 24.5. The van der Waals surface area contributed by atoms with E-state index in [-0.39, 0.29) is 24.7 Å². The maximum Gasteiger partial charge on any atom is 0.303 e. The van der Waals surface area contributed by atoms with Gasteiger partial charge >= 0.3 is 11.9 Å². The molecule has 4 heteroatoms. The summed E-state index contributed by atoms with van der Waals surface area (Å²) in [5, 5.41) is 20.3. The molecule has 0 aromatic heterocycles. The molecule has 2 N–H and O–H groups in total. The summed E-state index contributed by atoms with van der Waals surface area (Å²) in [5.74, 6) is -2.47. The smallest absolute Gasteiger partial charge is 0.303 e. The van der Waals surface area contributed by atoms with Crippen molar-refractivity contribution in [1.29, 1.82) is 0 Å². The molecule has 5 rings (SSSR count). The Kier molecular flexibility index (Phi) is 6.91. The molecule has 0 radical (unpaired) electrons. The fourth-order valence-electron chi connectivity index (χ4n) is 6.52. The first-order chi connectivity index (χ1) is 18.0. The number of hydrogen-bond donors (Lipinski definition) is 2. The maximum atomic E-state index is 12.4. The van der Waals surface area contributed by atoms with E-state index in [9.17, 15) is 19.8 Å². The molecular formula is C33H30O4. The van der Waals surface area contributed by atoms with Crippen LogP contribution in [0.4, 0.5) is 0 Å². The minimum absolute atomic E-state index is 0.0670. The second-order valence-electron chi connectivity index (χ2n) is 9.93. The minimum Gasteiger partial charge on any atom is -0.481 e. The van der Waals surface area contributed by atoms with Gasteiger partial charge in [0.15, 0.2) is 0 Å². The van der Waals surface area contributed by atoms with Gasteiger partial charge in [0.1, 0.15) is 0 Å². The van der Waals surface area contributed by atoms with E-state index < -0.39 is 17.4 Å². The van der Waals surface area contributed by atoms with Gasteiger partial charge in [-0.2, -0.15) is 0 Å². The van der Waals surface area contributed by atoms with Crippen LogP contribution in [-0.2, 0) is 27.8 Å². The quantitative estimate of drug-likeness (QED) is 0.262. The summed E-state index contributed by atoms with van der Waals surface area (Å²) in [7, 11) is 0. The molecule has 0 amide bonds. The summed E-state index contributed by atoms with van der Waals surface area (Å²) >= 11 is 0. The van der Waals surface area contributed by atoms with Crippen molar-refractivity contribution in [3.63, 3.8) is 0 Å². The molecule has 1 aliphatic carbocycles. The molecule has 1 aliphatic rings. The Bertz CT molecular complexity index is 1290. The van der Waals surface area contributed by atoms with Gasteiger partial charge in [-0.25, -0.2) is 0 Å². The Balaban J connectivity index is 1.80. The van der Waals surface area contributed by atoms with Crippen molar-refractivity contribution in [3.8, 4) is 11.1 Å². The van der Waals surface area contributed by atoms with E-state index >= 15 is 0 Å². The number of carbonyl (C=O) groups is 2. The van der Waals surface area contributed by atoms with Crippen LogP contribution in [-0.4, -0.2) is 22.2 Å². The lowest BCUT2D eigenvalue weighted by Gasteiger charge is -2.45. The molecule has 0 aliphatic heterocycles. The lowest BCUT2D eigenvalue weighted by molar-refractivity contribution is -0.139. The molecule has 0 fully saturated rings. The van der Waals surface area contributed by atoms with Gasteiger partial charge < -0.3 is 10.2 Å². The number of fused-ring (bicyclic) bond motifs is 3. The lowest BCUT2D eigenvalue weighted by atomic mass is 9.56. The molecule has 0 heterocycles. The van der Waals surface area contributed by atoms with E-state index in [1.54, 1.807) is 0 Å². The van der Waals surface area contributed by atoms with Crippen molar-refractivity contribution < 1.29 is 19.8 Å². The third-order valence-electron chi connectivity index (χ3n) is 7.82. The number of carboxylic acid groups (broad SMARTS) is 2. The van der Waals surface area contributed by atoms with Crippen LogP contribution in [0.5, 0.6) is 0 Å². The Hall–Kier alpha value is -4.18. The van der Waals surface area contributed by atoms with Gasteiger partial charge in [0.25, 0.3) is 0 Å². The molecule has 4 aromatic carbocycles. The predicted octanol–water partition coefficient (Wildman–Crippen LogP) is 6.62. The van der Waals surface area contributed by atoms with Crippen molar-refractivity contribution in [2.75, 3.05) is 0 Å². The Morgan fingerprint density at radius 3 is 1.27 bits per heavy atom. The molecule has 2 unspecified atom stereocenters. The van der Waals surface area contributed by atoms with Crippen LogP contribution in [0.3, 0.4) is 0 Å². The SMILES string of the molecule is O=C(O)CC(Cc1ccccc1)C1(C(CC(=O)O)Cc2ccccc2)c2ccccc2-c2ccccc21. The highest BCUT2D eigenvalue weighted by Crippen LogP contribution is 2.59. The van der Waals surface area contributed by atoms with Gasteiger partial charge in [-0.15, -0.1) is 0 Å². The number of aliphatic carboxylic acids is 2. The molecule has 0 spiro atoms. The van der Waals surface area contributed by atoms with Crippen molar-refractivity contribution >= 4 is 11.9 Å². The third kappa shape index (κ3) is 4.67. The third-order valence-corrected chi connectivity index (χ3v) is 7.82. The summed E-state index contributed by atoms with van der Waals surface area (Å²) in [6, 6.07) is 36.2. The number of benzene rings is 4. The monoisotopic (exact) mass is 490 g/mol. The summed E-state index contributed by atoms with van der Waals surface area (Å²) in [4.78, 5) is 24.8. The first-order valence-electron chi connectivity index (χ1n) is 12.7. The zero-order chi connectivity index (χ0) is 25.8. The average molecular weight is 491 g/mol. The number of hydrogen-bond acceptors (Lipinski definition) is 2. The van der Waals surface area contributed by atoms with Gasteiger partial charge in [0, 0.05) is 18.3 Å². The Labute approximate surface area is 217 Å². The minimum atomic E-state index is -0.879. The van der Waals surface area contributed by atoms with Crippen LogP contribution in [0.25, 0.3) is 11.1 Å². The van der Waals surface area contributed by atoms with Crippen LogP contribution in [0.1, 0.15) is 35.1 Å². The number of carboxylic acids is 2. The topological polar surface area (TPSA) is 74.6 Å². The highest BCUT2D eigenvalue weighted by Gasteiger charge is 2.54. The zero-order valence-corrected chi connectivity index (χ0v) is 20.6. The van der Waals surface area contributed by atoms with Crippen LogP contribution in [0.15, 0.2) is 109 Å². The maximum absolute atomic E-state index is 12.4. The van der Waals surface area contributed by atoms with E-state index in [1.165, 1.54) is 0 Å². The first-order valence-corrected chi connectivity index (χ1v) is 12.7. The summed E-state index contributed by atoms with van der Waals surface area (Å²) < 4.78 is 0. The summed E-state index contributed by atoms with van der Waals surface area (Å²) in [6.45, 7) is 0. The van der Waals surface area contributed by atoms with E-state index in [4.69, 9.17) is 0 Å². The van der Waals surface area contributed by atoms with Crippen LogP contribution >= 0.6 is 0 Å². The normalized spacial score (nSPS) is 14.8.